The Balaban J connectivity index is 2.14. The molecule has 7 nitrogen and oxygen atoms in total. The number of ketones is 1. The highest BCUT2D eigenvalue weighted by Gasteiger charge is 2.46. The summed E-state index contributed by atoms with van der Waals surface area (Å²) in [5, 5.41) is 15.7. The van der Waals surface area contributed by atoms with Crippen molar-refractivity contribution in [3.8, 4) is 0 Å². The second-order valence-electron chi connectivity index (χ2n) is 9.14. The van der Waals surface area contributed by atoms with Gasteiger partial charge in [-0.1, -0.05) is 38.1 Å². The number of hydrogen-bond donors (Lipinski definition) is 1. The second-order valence-corrected chi connectivity index (χ2v) is 9.14. The molecule has 0 bridgehead atoms. The summed E-state index contributed by atoms with van der Waals surface area (Å²) in [6, 6.07) is 7.35. The largest absolute Gasteiger partial charge is 0.507 e. The predicted molar refractivity (Wildman–Crippen MR) is 125 cm³/mol. The first-order valence-corrected chi connectivity index (χ1v) is 11.1. The molecule has 172 valence electrons. The maximum absolute atomic E-state index is 13.2. The van der Waals surface area contributed by atoms with E-state index in [1.807, 2.05) is 50.2 Å². The molecule has 1 amide bonds. The molecule has 0 aliphatic carbocycles. The zero-order valence-corrected chi connectivity index (χ0v) is 20.1. The SMILES string of the molecule is Cc1nn(C)c(C)c1/C(O)=C1\C(=O)C(=O)N(CCCN(C)C)[C@H]1c1ccc(C(C)C)cc1. The monoisotopic (exact) mass is 438 g/mol. The van der Waals surface area contributed by atoms with E-state index < -0.39 is 17.7 Å². The van der Waals surface area contributed by atoms with Gasteiger partial charge >= 0.3 is 0 Å². The highest BCUT2D eigenvalue weighted by atomic mass is 16.3. The van der Waals surface area contributed by atoms with Crippen molar-refractivity contribution in [2.24, 2.45) is 7.05 Å². The number of aryl methyl sites for hydroxylation is 2. The maximum Gasteiger partial charge on any atom is 0.295 e. The molecule has 1 saturated heterocycles. The average molecular weight is 439 g/mol. The predicted octanol–water partition coefficient (Wildman–Crippen LogP) is 3.53. The lowest BCUT2D eigenvalue weighted by Crippen LogP contribution is -2.32. The van der Waals surface area contributed by atoms with Gasteiger partial charge in [-0.2, -0.15) is 5.10 Å². The fraction of sp³-hybridized carbons (Fsp3) is 0.480. The third kappa shape index (κ3) is 4.35. The van der Waals surface area contributed by atoms with Crippen molar-refractivity contribution in [1.29, 1.82) is 0 Å². The van der Waals surface area contributed by atoms with Gasteiger partial charge in [-0.05, 0) is 58.0 Å². The van der Waals surface area contributed by atoms with Gasteiger partial charge in [-0.3, -0.25) is 14.3 Å². The van der Waals surface area contributed by atoms with Crippen molar-refractivity contribution in [3.63, 3.8) is 0 Å². The standard InChI is InChI=1S/C25H34N4O3/c1-15(2)18-9-11-19(12-10-18)22-21(23(30)20-16(3)26-28(7)17(20)4)24(31)25(32)29(22)14-8-13-27(5)6/h9-12,15,22,30H,8,13-14H2,1-7H3/b23-21+/t22-/m0/s1. The van der Waals surface area contributed by atoms with Crippen LogP contribution < -0.4 is 0 Å². The van der Waals surface area contributed by atoms with Crippen LogP contribution in [-0.2, 0) is 16.6 Å². The van der Waals surface area contributed by atoms with E-state index in [-0.39, 0.29) is 11.3 Å². The number of Topliss-reactive ketones (excluding diaryl/α,β-unsaturated/α-hetero) is 1. The zero-order chi connectivity index (χ0) is 23.7. The maximum atomic E-state index is 13.2. The van der Waals surface area contributed by atoms with Gasteiger partial charge in [0.05, 0.1) is 22.9 Å². The molecule has 32 heavy (non-hydrogen) atoms. The molecule has 7 heteroatoms. The van der Waals surface area contributed by atoms with E-state index >= 15 is 0 Å². The summed E-state index contributed by atoms with van der Waals surface area (Å²) in [7, 11) is 5.75. The van der Waals surface area contributed by atoms with Gasteiger partial charge in [-0.25, -0.2) is 0 Å². The molecule has 0 saturated carbocycles. The van der Waals surface area contributed by atoms with E-state index in [2.05, 4.69) is 18.9 Å². The van der Waals surface area contributed by atoms with Crippen molar-refractivity contribution < 1.29 is 14.7 Å². The minimum Gasteiger partial charge on any atom is -0.507 e. The van der Waals surface area contributed by atoms with Crippen LogP contribution in [0.4, 0.5) is 0 Å². The molecule has 1 aliphatic rings. The normalized spacial score (nSPS) is 18.4. The van der Waals surface area contributed by atoms with Gasteiger partial charge < -0.3 is 14.9 Å². The first kappa shape index (κ1) is 23.7. The number of aliphatic hydroxyl groups is 1. The molecule has 1 aromatic heterocycles. The Hall–Kier alpha value is -2.93. The number of carbonyl (C=O) groups excluding carboxylic acids is 2. The molecule has 2 aromatic rings. The Morgan fingerprint density at radius 1 is 1.16 bits per heavy atom. The van der Waals surface area contributed by atoms with E-state index in [9.17, 15) is 14.7 Å². The molecule has 3 rings (SSSR count). The van der Waals surface area contributed by atoms with E-state index in [0.29, 0.717) is 23.7 Å². The highest BCUT2D eigenvalue weighted by molar-refractivity contribution is 6.46. The lowest BCUT2D eigenvalue weighted by atomic mass is 9.93. The third-order valence-electron chi connectivity index (χ3n) is 6.21. The number of rotatable bonds is 7. The summed E-state index contributed by atoms with van der Waals surface area (Å²) in [6.45, 7) is 9.10. The summed E-state index contributed by atoms with van der Waals surface area (Å²) in [5.41, 5.74) is 4.01. The van der Waals surface area contributed by atoms with Crippen LogP contribution in [0.1, 0.15) is 60.3 Å². The van der Waals surface area contributed by atoms with Crippen molar-refractivity contribution in [2.45, 2.75) is 46.1 Å². The topological polar surface area (TPSA) is 78.7 Å². The molecule has 1 aliphatic heterocycles. The van der Waals surface area contributed by atoms with Crippen molar-refractivity contribution >= 4 is 17.4 Å². The molecule has 0 spiro atoms. The van der Waals surface area contributed by atoms with Crippen molar-refractivity contribution in [2.75, 3.05) is 27.2 Å². The zero-order valence-electron chi connectivity index (χ0n) is 20.1. The van der Waals surface area contributed by atoms with Crippen LogP contribution in [0.2, 0.25) is 0 Å². The first-order chi connectivity index (χ1) is 15.0. The molecule has 2 heterocycles. The van der Waals surface area contributed by atoms with Crippen LogP contribution in [0.15, 0.2) is 29.8 Å². The Labute approximate surface area is 190 Å². The van der Waals surface area contributed by atoms with Crippen LogP contribution in [0.5, 0.6) is 0 Å². The number of aliphatic hydroxyl groups excluding tert-OH is 1. The second kappa shape index (κ2) is 9.28. The Kier molecular flexibility index (Phi) is 6.88. The quantitative estimate of drug-likeness (QED) is 0.406. The van der Waals surface area contributed by atoms with Crippen LogP contribution in [0, 0.1) is 13.8 Å². The van der Waals surface area contributed by atoms with Gasteiger partial charge in [0.1, 0.15) is 5.76 Å². The minimum absolute atomic E-state index is 0.136. The molecular weight excluding hydrogens is 404 g/mol. The third-order valence-corrected chi connectivity index (χ3v) is 6.21. The van der Waals surface area contributed by atoms with Gasteiger partial charge in [0.15, 0.2) is 0 Å². The Bertz CT molecular complexity index is 1050. The van der Waals surface area contributed by atoms with E-state index in [1.165, 1.54) is 5.56 Å². The van der Waals surface area contributed by atoms with Crippen LogP contribution >= 0.6 is 0 Å². The van der Waals surface area contributed by atoms with Gasteiger partial charge in [0.2, 0.25) is 0 Å². The highest BCUT2D eigenvalue weighted by Crippen LogP contribution is 2.40. The van der Waals surface area contributed by atoms with Crippen molar-refractivity contribution in [1.82, 2.24) is 19.6 Å². The van der Waals surface area contributed by atoms with Crippen LogP contribution in [0.3, 0.4) is 0 Å². The fourth-order valence-corrected chi connectivity index (χ4v) is 4.33. The molecule has 0 radical (unpaired) electrons. The summed E-state index contributed by atoms with van der Waals surface area (Å²) in [4.78, 5) is 29.9. The number of carbonyl (C=O) groups is 2. The number of aromatic nitrogens is 2. The van der Waals surface area contributed by atoms with E-state index in [0.717, 1.165) is 24.2 Å². The van der Waals surface area contributed by atoms with Gasteiger partial charge in [0.25, 0.3) is 11.7 Å². The number of nitrogens with zero attached hydrogens (tertiary/aromatic N) is 4. The Morgan fingerprint density at radius 3 is 2.28 bits per heavy atom. The smallest absolute Gasteiger partial charge is 0.295 e. The van der Waals surface area contributed by atoms with Crippen molar-refractivity contribution in [3.05, 3.63) is 57.9 Å². The van der Waals surface area contributed by atoms with Gasteiger partial charge in [0, 0.05) is 19.3 Å². The summed E-state index contributed by atoms with van der Waals surface area (Å²) in [6.07, 6.45) is 0.728. The molecule has 1 N–H and O–H groups in total. The van der Waals surface area contributed by atoms with Crippen LogP contribution in [0.25, 0.3) is 5.76 Å². The lowest BCUT2D eigenvalue weighted by molar-refractivity contribution is -0.139. The summed E-state index contributed by atoms with van der Waals surface area (Å²) < 4.78 is 1.67. The van der Waals surface area contributed by atoms with E-state index in [1.54, 1.807) is 23.6 Å². The average Bonchev–Trinajstić information content (AvgIpc) is 3.13. The lowest BCUT2D eigenvalue weighted by Gasteiger charge is -2.26. The molecule has 1 aromatic carbocycles. The van der Waals surface area contributed by atoms with Gasteiger partial charge in [-0.15, -0.1) is 0 Å². The minimum atomic E-state index is -0.645. The molecular formula is C25H34N4O3. The number of likely N-dealkylation sites (tertiary alicyclic amines) is 1. The molecule has 1 atom stereocenters. The number of hydrogen-bond acceptors (Lipinski definition) is 5. The Morgan fingerprint density at radius 2 is 1.78 bits per heavy atom. The summed E-state index contributed by atoms with van der Waals surface area (Å²) in [5.74, 6) is -0.994. The fourth-order valence-electron chi connectivity index (χ4n) is 4.33. The first-order valence-electron chi connectivity index (χ1n) is 11.1. The van der Waals surface area contributed by atoms with E-state index in [4.69, 9.17) is 0 Å². The number of benzene rings is 1. The molecule has 1 fully saturated rings. The van der Waals surface area contributed by atoms with Crippen LogP contribution in [-0.4, -0.2) is 63.6 Å². The summed E-state index contributed by atoms with van der Waals surface area (Å²) >= 11 is 0. The number of amides is 1. The molecule has 0 unspecified atom stereocenters.